The molecule has 106 valence electrons. The number of aryl methyl sites for hydroxylation is 3. The van der Waals surface area contributed by atoms with Gasteiger partial charge in [0.15, 0.2) is 0 Å². The summed E-state index contributed by atoms with van der Waals surface area (Å²) in [6, 6.07) is 5.45. The maximum atomic E-state index is 3.62. The zero-order valence-corrected chi connectivity index (χ0v) is 14.1. The van der Waals surface area contributed by atoms with E-state index in [1.165, 1.54) is 42.4 Å². The molecule has 1 saturated carbocycles. The Morgan fingerprint density at radius 1 is 1.11 bits per heavy atom. The third kappa shape index (κ3) is 3.82. The quantitative estimate of drug-likeness (QED) is 0.707. The van der Waals surface area contributed by atoms with Crippen LogP contribution in [0.2, 0.25) is 0 Å². The van der Waals surface area contributed by atoms with Gasteiger partial charge >= 0.3 is 0 Å². The van der Waals surface area contributed by atoms with Crippen LogP contribution in [0.15, 0.2) is 12.1 Å². The molecule has 0 N–H and O–H groups in total. The Morgan fingerprint density at radius 2 is 1.68 bits per heavy atom. The molecular weight excluding hydrogens is 298 g/mol. The van der Waals surface area contributed by atoms with Crippen LogP contribution in [-0.2, 0) is 6.54 Å². The first kappa shape index (κ1) is 15.1. The second kappa shape index (κ2) is 6.90. The van der Waals surface area contributed by atoms with E-state index in [-0.39, 0.29) is 0 Å². The highest BCUT2D eigenvalue weighted by molar-refractivity contribution is 9.09. The van der Waals surface area contributed by atoms with Crippen molar-refractivity contribution < 1.29 is 0 Å². The van der Waals surface area contributed by atoms with Crippen molar-refractivity contribution in [1.82, 2.24) is 4.90 Å². The molecule has 1 aliphatic carbocycles. The molecule has 0 spiro atoms. The fourth-order valence-corrected chi connectivity index (χ4v) is 3.89. The molecule has 0 unspecified atom stereocenters. The fraction of sp³-hybridized carbons (Fsp3) is 0.647. The zero-order chi connectivity index (χ0) is 13.8. The number of hydrogen-bond acceptors (Lipinski definition) is 1. The summed E-state index contributed by atoms with van der Waals surface area (Å²) >= 11 is 3.62. The van der Waals surface area contributed by atoms with Gasteiger partial charge in [0.1, 0.15) is 0 Å². The van der Waals surface area contributed by atoms with Crippen molar-refractivity contribution in [3.05, 3.63) is 34.4 Å². The molecule has 0 atom stereocenters. The van der Waals surface area contributed by atoms with Gasteiger partial charge < -0.3 is 0 Å². The van der Waals surface area contributed by atoms with E-state index in [0.29, 0.717) is 0 Å². The summed E-state index contributed by atoms with van der Waals surface area (Å²) < 4.78 is 0. The van der Waals surface area contributed by atoms with Gasteiger partial charge in [-0.15, -0.1) is 0 Å². The van der Waals surface area contributed by atoms with Crippen molar-refractivity contribution in [3.8, 4) is 0 Å². The van der Waals surface area contributed by atoms with Crippen LogP contribution in [0.5, 0.6) is 0 Å². The maximum Gasteiger partial charge on any atom is 0.0242 e. The van der Waals surface area contributed by atoms with Gasteiger partial charge in [-0.1, -0.05) is 46.5 Å². The van der Waals surface area contributed by atoms with Crippen LogP contribution in [0.25, 0.3) is 0 Å². The fourth-order valence-electron chi connectivity index (χ4n) is 3.43. The van der Waals surface area contributed by atoms with Gasteiger partial charge in [0, 0.05) is 24.5 Å². The number of halogens is 1. The zero-order valence-electron chi connectivity index (χ0n) is 12.5. The molecule has 2 heteroatoms. The lowest BCUT2D eigenvalue weighted by molar-refractivity contribution is 0.202. The maximum absolute atomic E-state index is 3.62. The van der Waals surface area contributed by atoms with Crippen LogP contribution in [0, 0.1) is 20.8 Å². The smallest absolute Gasteiger partial charge is 0.0242 e. The van der Waals surface area contributed by atoms with Gasteiger partial charge in [0.2, 0.25) is 0 Å². The van der Waals surface area contributed by atoms with E-state index in [1.54, 1.807) is 5.56 Å². The highest BCUT2D eigenvalue weighted by Gasteiger charge is 2.23. The first-order chi connectivity index (χ1) is 9.11. The molecule has 0 amide bonds. The third-order valence-corrected chi connectivity index (χ3v) is 4.77. The number of hydrogen-bond donors (Lipinski definition) is 0. The molecule has 0 radical (unpaired) electrons. The van der Waals surface area contributed by atoms with E-state index in [2.05, 4.69) is 53.7 Å². The van der Waals surface area contributed by atoms with Gasteiger partial charge in [0.25, 0.3) is 0 Å². The molecule has 0 saturated heterocycles. The Bertz CT molecular complexity index is 398. The summed E-state index contributed by atoms with van der Waals surface area (Å²) in [5.41, 5.74) is 5.83. The summed E-state index contributed by atoms with van der Waals surface area (Å²) in [6.45, 7) is 9.00. The lowest BCUT2D eigenvalue weighted by atomic mass is 9.98. The Balaban J connectivity index is 2.16. The van der Waals surface area contributed by atoms with Crippen LogP contribution < -0.4 is 0 Å². The van der Waals surface area contributed by atoms with Gasteiger partial charge in [-0.3, -0.25) is 4.90 Å². The van der Waals surface area contributed by atoms with Gasteiger partial charge in [-0.25, -0.2) is 0 Å². The summed E-state index contributed by atoms with van der Waals surface area (Å²) in [6.07, 6.45) is 5.60. The minimum atomic E-state index is 0.803. The van der Waals surface area contributed by atoms with Crippen LogP contribution in [-0.4, -0.2) is 22.8 Å². The van der Waals surface area contributed by atoms with Crippen LogP contribution >= 0.6 is 15.9 Å². The molecule has 0 heterocycles. The van der Waals surface area contributed by atoms with E-state index in [1.807, 2.05) is 0 Å². The number of benzene rings is 1. The molecule has 1 aliphatic rings. The predicted octanol–water partition coefficient (Wildman–Crippen LogP) is 4.75. The molecule has 0 aromatic heterocycles. The average molecular weight is 324 g/mol. The van der Waals surface area contributed by atoms with Gasteiger partial charge in [0.05, 0.1) is 0 Å². The van der Waals surface area contributed by atoms with Crippen molar-refractivity contribution in [2.24, 2.45) is 0 Å². The molecule has 1 fully saturated rings. The minimum Gasteiger partial charge on any atom is -0.295 e. The van der Waals surface area contributed by atoms with Crippen molar-refractivity contribution >= 4 is 15.9 Å². The standard InChI is InChI=1S/C17H26BrN/c1-13-10-14(2)17(15(3)11-13)12-19(9-8-18)16-6-4-5-7-16/h10-11,16H,4-9,12H2,1-3H3. The molecule has 2 rings (SSSR count). The number of nitrogens with zero attached hydrogens (tertiary/aromatic N) is 1. The Morgan fingerprint density at radius 3 is 2.21 bits per heavy atom. The van der Waals surface area contributed by atoms with Crippen molar-refractivity contribution in [2.45, 2.75) is 59.0 Å². The molecule has 19 heavy (non-hydrogen) atoms. The molecular formula is C17H26BrN. The van der Waals surface area contributed by atoms with E-state index in [0.717, 1.165) is 24.5 Å². The van der Waals surface area contributed by atoms with Crippen LogP contribution in [0.4, 0.5) is 0 Å². The number of rotatable bonds is 5. The van der Waals surface area contributed by atoms with Gasteiger partial charge in [-0.2, -0.15) is 0 Å². The normalized spacial score (nSPS) is 16.5. The topological polar surface area (TPSA) is 3.24 Å². The Kier molecular flexibility index (Phi) is 5.47. The molecule has 1 aromatic carbocycles. The van der Waals surface area contributed by atoms with Crippen LogP contribution in [0.3, 0.4) is 0 Å². The van der Waals surface area contributed by atoms with Crippen LogP contribution in [0.1, 0.15) is 47.9 Å². The van der Waals surface area contributed by atoms with E-state index in [4.69, 9.17) is 0 Å². The van der Waals surface area contributed by atoms with E-state index in [9.17, 15) is 0 Å². The van der Waals surface area contributed by atoms with Crippen molar-refractivity contribution in [3.63, 3.8) is 0 Å². The number of alkyl halides is 1. The first-order valence-electron chi connectivity index (χ1n) is 7.48. The van der Waals surface area contributed by atoms with Crippen molar-refractivity contribution in [2.75, 3.05) is 11.9 Å². The van der Waals surface area contributed by atoms with E-state index < -0.39 is 0 Å². The highest BCUT2D eigenvalue weighted by atomic mass is 79.9. The molecule has 1 aromatic rings. The summed E-state index contributed by atoms with van der Waals surface area (Å²) in [5.74, 6) is 0. The average Bonchev–Trinajstić information content (AvgIpc) is 2.85. The van der Waals surface area contributed by atoms with Gasteiger partial charge in [-0.05, 0) is 50.3 Å². The highest BCUT2D eigenvalue weighted by Crippen LogP contribution is 2.27. The molecule has 0 aliphatic heterocycles. The Hall–Kier alpha value is -0.340. The molecule has 1 nitrogen and oxygen atoms in total. The summed E-state index contributed by atoms with van der Waals surface area (Å²) in [7, 11) is 0. The SMILES string of the molecule is Cc1cc(C)c(CN(CCBr)C2CCCC2)c(C)c1. The monoisotopic (exact) mass is 323 g/mol. The van der Waals surface area contributed by atoms with Crippen molar-refractivity contribution in [1.29, 1.82) is 0 Å². The Labute approximate surface area is 126 Å². The second-order valence-corrected chi connectivity index (χ2v) is 6.77. The summed E-state index contributed by atoms with van der Waals surface area (Å²) in [5, 5.41) is 1.08. The largest absolute Gasteiger partial charge is 0.295 e. The second-order valence-electron chi connectivity index (χ2n) is 5.98. The lowest BCUT2D eigenvalue weighted by Crippen LogP contribution is -2.34. The third-order valence-electron chi connectivity index (χ3n) is 4.41. The predicted molar refractivity (Wildman–Crippen MR) is 87.1 cm³/mol. The summed E-state index contributed by atoms with van der Waals surface area (Å²) in [4.78, 5) is 2.69. The minimum absolute atomic E-state index is 0.803. The molecule has 0 bridgehead atoms. The first-order valence-corrected chi connectivity index (χ1v) is 8.60. The van der Waals surface area contributed by atoms with E-state index >= 15 is 0 Å². The lowest BCUT2D eigenvalue weighted by Gasteiger charge is -2.29.